The van der Waals surface area contributed by atoms with Crippen molar-refractivity contribution in [3.63, 3.8) is 0 Å². The highest BCUT2D eigenvalue weighted by atomic mass is 16.5. The largest absolute Gasteiger partial charge is 0.496 e. The molecule has 0 saturated heterocycles. The molecule has 148 valence electrons. The molecule has 0 atom stereocenters. The third-order valence-electron chi connectivity index (χ3n) is 4.52. The Labute approximate surface area is 169 Å². The zero-order valence-corrected chi connectivity index (χ0v) is 16.6. The Kier molecular flexibility index (Phi) is 6.24. The van der Waals surface area contributed by atoms with Crippen LogP contribution in [0.2, 0.25) is 0 Å². The van der Waals surface area contributed by atoms with Crippen molar-refractivity contribution in [2.24, 2.45) is 0 Å². The maximum atomic E-state index is 12.6. The van der Waals surface area contributed by atoms with Gasteiger partial charge in [-0.05, 0) is 36.8 Å². The maximum Gasteiger partial charge on any atom is 0.341 e. The highest BCUT2D eigenvalue weighted by Gasteiger charge is 2.15. The van der Waals surface area contributed by atoms with E-state index < -0.39 is 5.97 Å². The third-order valence-corrected chi connectivity index (χ3v) is 4.52. The second kappa shape index (κ2) is 9.01. The van der Waals surface area contributed by atoms with Gasteiger partial charge in [-0.3, -0.25) is 9.78 Å². The molecule has 0 aliphatic heterocycles. The number of ether oxygens (including phenoxy) is 2. The minimum absolute atomic E-state index is 0.231. The van der Waals surface area contributed by atoms with E-state index in [1.807, 2.05) is 43.3 Å². The standard InChI is InChI=1S/C23H22N2O4/c1-15-18(10-11-20(25-15)17-7-5-4-6-8-17)22(26)24-14-16-9-12-21(28-2)19(13-16)23(27)29-3/h4-13H,14H2,1-3H3,(H,24,26). The molecule has 0 aliphatic rings. The summed E-state index contributed by atoms with van der Waals surface area (Å²) >= 11 is 0. The van der Waals surface area contributed by atoms with Crippen LogP contribution < -0.4 is 10.1 Å². The zero-order valence-electron chi connectivity index (χ0n) is 16.6. The summed E-state index contributed by atoms with van der Waals surface area (Å²) in [5, 5.41) is 2.87. The Morgan fingerprint density at radius 3 is 2.38 bits per heavy atom. The van der Waals surface area contributed by atoms with Gasteiger partial charge in [0, 0.05) is 12.1 Å². The fourth-order valence-electron chi connectivity index (χ4n) is 2.98. The van der Waals surface area contributed by atoms with Crippen LogP contribution in [0.25, 0.3) is 11.3 Å². The molecular formula is C23H22N2O4. The van der Waals surface area contributed by atoms with Gasteiger partial charge in [-0.15, -0.1) is 0 Å². The lowest BCUT2D eigenvalue weighted by Gasteiger charge is -2.11. The molecule has 6 heteroatoms. The normalized spacial score (nSPS) is 10.3. The molecule has 1 amide bonds. The molecule has 0 saturated carbocycles. The lowest BCUT2D eigenvalue weighted by molar-refractivity contribution is 0.0597. The second-order valence-electron chi connectivity index (χ2n) is 6.40. The van der Waals surface area contributed by atoms with Crippen LogP contribution in [0.1, 0.15) is 32.0 Å². The first-order chi connectivity index (χ1) is 14.0. The summed E-state index contributed by atoms with van der Waals surface area (Å²) in [5.41, 5.74) is 4.03. The average molecular weight is 390 g/mol. The molecule has 3 rings (SSSR count). The summed E-state index contributed by atoms with van der Waals surface area (Å²) in [6.07, 6.45) is 0. The monoisotopic (exact) mass is 390 g/mol. The van der Waals surface area contributed by atoms with Gasteiger partial charge < -0.3 is 14.8 Å². The van der Waals surface area contributed by atoms with Gasteiger partial charge in [-0.2, -0.15) is 0 Å². The smallest absolute Gasteiger partial charge is 0.341 e. The van der Waals surface area contributed by atoms with Crippen molar-refractivity contribution in [2.45, 2.75) is 13.5 Å². The lowest BCUT2D eigenvalue weighted by atomic mass is 10.1. The summed E-state index contributed by atoms with van der Waals surface area (Å²) in [4.78, 5) is 29.1. The van der Waals surface area contributed by atoms with Crippen LogP contribution in [0.15, 0.2) is 60.7 Å². The Morgan fingerprint density at radius 2 is 1.72 bits per heavy atom. The topological polar surface area (TPSA) is 77.5 Å². The summed E-state index contributed by atoms with van der Waals surface area (Å²) < 4.78 is 9.96. The molecule has 1 N–H and O–H groups in total. The Hall–Kier alpha value is -3.67. The van der Waals surface area contributed by atoms with Crippen molar-refractivity contribution in [3.05, 3.63) is 83.0 Å². The molecule has 0 bridgehead atoms. The van der Waals surface area contributed by atoms with E-state index in [0.717, 1.165) is 16.8 Å². The number of amides is 1. The van der Waals surface area contributed by atoms with Crippen LogP contribution in [0.5, 0.6) is 5.75 Å². The molecule has 29 heavy (non-hydrogen) atoms. The molecule has 2 aromatic carbocycles. The number of methoxy groups -OCH3 is 2. The maximum absolute atomic E-state index is 12.6. The highest BCUT2D eigenvalue weighted by molar-refractivity contribution is 5.95. The number of aromatic nitrogens is 1. The number of esters is 1. The number of hydrogen-bond acceptors (Lipinski definition) is 5. The molecule has 1 aromatic heterocycles. The van der Waals surface area contributed by atoms with Crippen LogP contribution in [0.4, 0.5) is 0 Å². The van der Waals surface area contributed by atoms with Crippen molar-refractivity contribution in [3.8, 4) is 17.0 Å². The Balaban J connectivity index is 1.73. The number of aryl methyl sites for hydroxylation is 1. The van der Waals surface area contributed by atoms with Gasteiger partial charge in [0.15, 0.2) is 0 Å². The van der Waals surface area contributed by atoms with Crippen LogP contribution >= 0.6 is 0 Å². The SMILES string of the molecule is COC(=O)c1cc(CNC(=O)c2ccc(-c3ccccc3)nc2C)ccc1OC. The van der Waals surface area contributed by atoms with Gasteiger partial charge >= 0.3 is 5.97 Å². The summed E-state index contributed by atoms with van der Waals surface area (Å²) in [6.45, 7) is 2.07. The predicted molar refractivity (Wildman–Crippen MR) is 110 cm³/mol. The highest BCUT2D eigenvalue weighted by Crippen LogP contribution is 2.21. The number of carbonyl (C=O) groups is 2. The Morgan fingerprint density at radius 1 is 0.966 bits per heavy atom. The fourth-order valence-corrected chi connectivity index (χ4v) is 2.98. The molecular weight excluding hydrogens is 368 g/mol. The van der Waals surface area contributed by atoms with E-state index in [2.05, 4.69) is 10.3 Å². The number of hydrogen-bond donors (Lipinski definition) is 1. The van der Waals surface area contributed by atoms with Crippen LogP contribution in [0, 0.1) is 6.92 Å². The molecule has 0 fully saturated rings. The number of benzene rings is 2. The van der Waals surface area contributed by atoms with E-state index in [4.69, 9.17) is 9.47 Å². The van der Waals surface area contributed by atoms with E-state index in [1.165, 1.54) is 14.2 Å². The third kappa shape index (κ3) is 4.60. The van der Waals surface area contributed by atoms with Gasteiger partial charge in [-0.25, -0.2) is 4.79 Å². The van der Waals surface area contributed by atoms with Crippen molar-refractivity contribution >= 4 is 11.9 Å². The van der Waals surface area contributed by atoms with E-state index in [9.17, 15) is 9.59 Å². The van der Waals surface area contributed by atoms with Crippen LogP contribution in [-0.4, -0.2) is 31.1 Å². The number of pyridine rings is 1. The van der Waals surface area contributed by atoms with Crippen molar-refractivity contribution in [1.82, 2.24) is 10.3 Å². The zero-order chi connectivity index (χ0) is 20.8. The fraction of sp³-hybridized carbons (Fsp3) is 0.174. The van der Waals surface area contributed by atoms with E-state index in [0.29, 0.717) is 22.6 Å². The molecule has 0 unspecified atom stereocenters. The first-order valence-electron chi connectivity index (χ1n) is 9.10. The van der Waals surface area contributed by atoms with Crippen LogP contribution in [-0.2, 0) is 11.3 Å². The van der Waals surface area contributed by atoms with Gasteiger partial charge in [0.05, 0.1) is 31.2 Å². The summed E-state index contributed by atoms with van der Waals surface area (Å²) in [5.74, 6) is -0.305. The van der Waals surface area contributed by atoms with Crippen molar-refractivity contribution in [1.29, 1.82) is 0 Å². The minimum Gasteiger partial charge on any atom is -0.496 e. The number of nitrogens with zero attached hydrogens (tertiary/aromatic N) is 1. The quantitative estimate of drug-likeness (QED) is 0.648. The second-order valence-corrected chi connectivity index (χ2v) is 6.40. The predicted octanol–water partition coefficient (Wildman–Crippen LogP) is 3.78. The summed E-state index contributed by atoms with van der Waals surface area (Å²) in [7, 11) is 2.79. The number of rotatable bonds is 6. The number of nitrogens with one attached hydrogen (secondary N) is 1. The van der Waals surface area contributed by atoms with Crippen molar-refractivity contribution < 1.29 is 19.1 Å². The van der Waals surface area contributed by atoms with Crippen LogP contribution in [0.3, 0.4) is 0 Å². The molecule has 3 aromatic rings. The first kappa shape index (κ1) is 20.1. The van der Waals surface area contributed by atoms with Gasteiger partial charge in [0.2, 0.25) is 0 Å². The molecule has 0 aliphatic carbocycles. The van der Waals surface area contributed by atoms with E-state index in [-0.39, 0.29) is 12.5 Å². The summed E-state index contributed by atoms with van der Waals surface area (Å²) in [6, 6.07) is 18.5. The Bertz CT molecular complexity index is 1030. The molecule has 0 spiro atoms. The van der Waals surface area contributed by atoms with Gasteiger partial charge in [-0.1, -0.05) is 36.4 Å². The van der Waals surface area contributed by atoms with Gasteiger partial charge in [0.1, 0.15) is 11.3 Å². The molecule has 6 nitrogen and oxygen atoms in total. The minimum atomic E-state index is -0.494. The molecule has 1 heterocycles. The molecule has 0 radical (unpaired) electrons. The lowest BCUT2D eigenvalue weighted by Crippen LogP contribution is -2.24. The average Bonchev–Trinajstić information content (AvgIpc) is 2.77. The van der Waals surface area contributed by atoms with Gasteiger partial charge in [0.25, 0.3) is 5.91 Å². The number of carbonyl (C=O) groups excluding carboxylic acids is 2. The van der Waals surface area contributed by atoms with Crippen molar-refractivity contribution in [2.75, 3.05) is 14.2 Å². The van der Waals surface area contributed by atoms with E-state index >= 15 is 0 Å². The first-order valence-corrected chi connectivity index (χ1v) is 9.10. The van der Waals surface area contributed by atoms with E-state index in [1.54, 1.807) is 24.3 Å².